The van der Waals surface area contributed by atoms with Gasteiger partial charge in [0, 0.05) is 31.9 Å². The van der Waals surface area contributed by atoms with Gasteiger partial charge in [0.25, 0.3) is 10.0 Å². The molecule has 0 aliphatic carbocycles. The fraction of sp³-hybridized carbons (Fsp3) is 0.292. The highest BCUT2D eigenvalue weighted by atomic mass is 32.2. The molecule has 2 heterocycles. The van der Waals surface area contributed by atoms with Crippen LogP contribution in [0.15, 0.2) is 77.8 Å². The number of anilines is 3. The lowest BCUT2D eigenvalue weighted by Crippen LogP contribution is -2.46. The second kappa shape index (κ2) is 8.98. The predicted molar refractivity (Wildman–Crippen MR) is 126 cm³/mol. The maximum absolute atomic E-state index is 12.7. The number of nitrogens with zero attached hydrogens (tertiary/aromatic N) is 3. The Hall–Kier alpha value is -3.06. The molecule has 0 radical (unpaired) electrons. The molecule has 162 valence electrons. The Balaban J connectivity index is 1.38. The molecular formula is C24H28N4O2S. The number of rotatable bonds is 6. The van der Waals surface area contributed by atoms with Gasteiger partial charge in [-0.2, -0.15) is 0 Å². The summed E-state index contributed by atoms with van der Waals surface area (Å²) in [6.45, 7) is 7.75. The van der Waals surface area contributed by atoms with Gasteiger partial charge in [-0.1, -0.05) is 44.2 Å². The fourth-order valence-electron chi connectivity index (χ4n) is 3.71. The number of aromatic nitrogens is 1. The summed E-state index contributed by atoms with van der Waals surface area (Å²) < 4.78 is 28.0. The van der Waals surface area contributed by atoms with E-state index in [1.54, 1.807) is 24.4 Å². The van der Waals surface area contributed by atoms with Crippen molar-refractivity contribution in [2.45, 2.75) is 24.7 Å². The second-order valence-corrected chi connectivity index (χ2v) is 9.73. The second-order valence-electron chi connectivity index (χ2n) is 8.04. The summed E-state index contributed by atoms with van der Waals surface area (Å²) in [6.07, 6.45) is 1.58. The van der Waals surface area contributed by atoms with Gasteiger partial charge >= 0.3 is 0 Å². The lowest BCUT2D eigenvalue weighted by Gasteiger charge is -2.36. The fourth-order valence-corrected chi connectivity index (χ4v) is 4.76. The summed E-state index contributed by atoms with van der Waals surface area (Å²) in [7, 11) is -3.64. The van der Waals surface area contributed by atoms with Crippen molar-refractivity contribution in [2.24, 2.45) is 0 Å². The Bertz CT molecular complexity index is 1090. The normalized spacial score (nSPS) is 14.7. The molecule has 3 aromatic rings. The lowest BCUT2D eigenvalue weighted by molar-refractivity contribution is 0.601. The lowest BCUT2D eigenvalue weighted by atomic mass is 10.0. The van der Waals surface area contributed by atoms with Crippen molar-refractivity contribution in [3.05, 3.63) is 78.5 Å². The van der Waals surface area contributed by atoms with Crippen LogP contribution in [0.4, 0.5) is 17.2 Å². The number of piperazine rings is 1. The van der Waals surface area contributed by atoms with Gasteiger partial charge in [-0.3, -0.25) is 4.72 Å². The Morgan fingerprint density at radius 1 is 0.839 bits per heavy atom. The zero-order chi connectivity index (χ0) is 21.8. The molecule has 7 heteroatoms. The molecule has 1 aromatic heterocycles. The first kappa shape index (κ1) is 21.2. The molecule has 0 unspecified atom stereocenters. The van der Waals surface area contributed by atoms with Crippen LogP contribution in [0.1, 0.15) is 25.3 Å². The first-order valence-electron chi connectivity index (χ1n) is 10.6. The van der Waals surface area contributed by atoms with Gasteiger partial charge in [0.1, 0.15) is 5.82 Å². The summed E-state index contributed by atoms with van der Waals surface area (Å²) in [5.41, 5.74) is 2.80. The van der Waals surface area contributed by atoms with Gasteiger partial charge in [-0.15, -0.1) is 0 Å². The smallest absolute Gasteiger partial charge is 0.261 e. The Kier molecular flexibility index (Phi) is 6.13. The number of nitrogens with one attached hydrogen (secondary N) is 1. The zero-order valence-corrected chi connectivity index (χ0v) is 18.7. The third-order valence-electron chi connectivity index (χ3n) is 5.58. The molecule has 1 aliphatic rings. The standard InChI is InChI=1S/C24H28N4O2S/c1-19(2)20-8-11-23(12-9-20)31(29,30)26-21-10-13-24(25-18-21)28-16-14-27(15-17-28)22-6-4-3-5-7-22/h3-13,18-19,26H,14-17H2,1-2H3. The van der Waals surface area contributed by atoms with Gasteiger partial charge in [0.05, 0.1) is 16.8 Å². The highest BCUT2D eigenvalue weighted by molar-refractivity contribution is 7.92. The van der Waals surface area contributed by atoms with Crippen LogP contribution in [-0.4, -0.2) is 39.6 Å². The number of sulfonamides is 1. The Morgan fingerprint density at radius 3 is 2.06 bits per heavy atom. The maximum Gasteiger partial charge on any atom is 0.261 e. The Labute approximate surface area is 184 Å². The molecule has 1 N–H and O–H groups in total. The van der Waals surface area contributed by atoms with E-state index in [9.17, 15) is 8.42 Å². The van der Waals surface area contributed by atoms with Crippen molar-refractivity contribution in [3.8, 4) is 0 Å². The van der Waals surface area contributed by atoms with E-state index < -0.39 is 10.0 Å². The molecule has 0 amide bonds. The summed E-state index contributed by atoms with van der Waals surface area (Å²) in [5, 5.41) is 0. The summed E-state index contributed by atoms with van der Waals surface area (Å²) in [4.78, 5) is 9.33. The van der Waals surface area contributed by atoms with Crippen molar-refractivity contribution in [3.63, 3.8) is 0 Å². The number of para-hydroxylation sites is 1. The molecular weight excluding hydrogens is 408 g/mol. The highest BCUT2D eigenvalue weighted by Crippen LogP contribution is 2.22. The SMILES string of the molecule is CC(C)c1ccc(S(=O)(=O)Nc2ccc(N3CCN(c4ccccc4)CC3)nc2)cc1. The van der Waals surface area contributed by atoms with Crippen LogP contribution < -0.4 is 14.5 Å². The maximum atomic E-state index is 12.7. The largest absolute Gasteiger partial charge is 0.368 e. The van der Waals surface area contributed by atoms with Crippen molar-refractivity contribution in [1.82, 2.24) is 4.98 Å². The molecule has 0 saturated carbocycles. The first-order valence-corrected chi connectivity index (χ1v) is 12.0. The quantitative estimate of drug-likeness (QED) is 0.623. The first-order chi connectivity index (χ1) is 14.9. The molecule has 4 rings (SSSR count). The van der Waals surface area contributed by atoms with E-state index in [4.69, 9.17) is 0 Å². The molecule has 31 heavy (non-hydrogen) atoms. The van der Waals surface area contributed by atoms with Gasteiger partial charge in [0.2, 0.25) is 0 Å². The van der Waals surface area contributed by atoms with Crippen LogP contribution in [0.3, 0.4) is 0 Å². The molecule has 0 atom stereocenters. The van der Waals surface area contributed by atoms with E-state index in [1.165, 1.54) is 5.69 Å². The minimum Gasteiger partial charge on any atom is -0.368 e. The van der Waals surface area contributed by atoms with E-state index in [0.717, 1.165) is 37.6 Å². The van der Waals surface area contributed by atoms with Crippen molar-refractivity contribution >= 4 is 27.2 Å². The predicted octanol–water partition coefficient (Wildman–Crippen LogP) is 4.33. The summed E-state index contributed by atoms with van der Waals surface area (Å²) >= 11 is 0. The third kappa shape index (κ3) is 4.99. The van der Waals surface area contributed by atoms with Gasteiger partial charge < -0.3 is 9.80 Å². The molecule has 0 bridgehead atoms. The molecule has 1 fully saturated rings. The van der Waals surface area contributed by atoms with Crippen molar-refractivity contribution < 1.29 is 8.42 Å². The van der Waals surface area contributed by atoms with Crippen LogP contribution in [-0.2, 0) is 10.0 Å². The number of pyridine rings is 1. The minimum atomic E-state index is -3.64. The van der Waals surface area contributed by atoms with E-state index >= 15 is 0 Å². The van der Waals surface area contributed by atoms with Crippen LogP contribution in [0.2, 0.25) is 0 Å². The topological polar surface area (TPSA) is 65.5 Å². The van der Waals surface area contributed by atoms with Gasteiger partial charge in [-0.25, -0.2) is 13.4 Å². The Morgan fingerprint density at radius 2 is 1.48 bits per heavy atom. The van der Waals surface area contributed by atoms with Crippen LogP contribution in [0, 0.1) is 0 Å². The molecule has 2 aromatic carbocycles. The average Bonchev–Trinajstić information content (AvgIpc) is 2.80. The van der Waals surface area contributed by atoms with Crippen LogP contribution >= 0.6 is 0 Å². The highest BCUT2D eigenvalue weighted by Gasteiger charge is 2.19. The monoisotopic (exact) mass is 436 g/mol. The minimum absolute atomic E-state index is 0.248. The average molecular weight is 437 g/mol. The molecule has 1 aliphatic heterocycles. The number of hydrogen-bond donors (Lipinski definition) is 1. The third-order valence-corrected chi connectivity index (χ3v) is 6.98. The van der Waals surface area contributed by atoms with E-state index in [-0.39, 0.29) is 4.90 Å². The number of hydrogen-bond acceptors (Lipinski definition) is 5. The molecule has 1 saturated heterocycles. The van der Waals surface area contributed by atoms with Gasteiger partial charge in [-0.05, 0) is 47.9 Å². The van der Waals surface area contributed by atoms with Crippen LogP contribution in [0.25, 0.3) is 0 Å². The van der Waals surface area contributed by atoms with E-state index in [1.807, 2.05) is 24.3 Å². The van der Waals surface area contributed by atoms with Crippen LogP contribution in [0.5, 0.6) is 0 Å². The number of benzene rings is 2. The van der Waals surface area contributed by atoms with Crippen molar-refractivity contribution in [2.75, 3.05) is 40.7 Å². The summed E-state index contributed by atoms with van der Waals surface area (Å²) in [5.74, 6) is 1.22. The molecule has 6 nitrogen and oxygen atoms in total. The van der Waals surface area contributed by atoms with E-state index in [0.29, 0.717) is 11.6 Å². The zero-order valence-electron chi connectivity index (χ0n) is 17.9. The van der Waals surface area contributed by atoms with Crippen molar-refractivity contribution in [1.29, 1.82) is 0 Å². The molecule has 0 spiro atoms. The summed E-state index contributed by atoms with van der Waals surface area (Å²) in [6, 6.07) is 21.0. The van der Waals surface area contributed by atoms with Gasteiger partial charge in [0.15, 0.2) is 0 Å². The van der Waals surface area contributed by atoms with E-state index in [2.05, 4.69) is 57.6 Å².